The van der Waals surface area contributed by atoms with Crippen LogP contribution in [0, 0.1) is 0 Å². The van der Waals surface area contributed by atoms with E-state index in [0.29, 0.717) is 8.81 Å². The third-order valence-corrected chi connectivity index (χ3v) is 2.39. The lowest BCUT2D eigenvalue weighted by Crippen LogP contribution is -1.79. The maximum Gasteiger partial charge on any atom is 0.130 e. The molecule has 2 heteroatoms. The van der Waals surface area contributed by atoms with E-state index in [-0.39, 0.29) is 0 Å². The first-order valence-corrected chi connectivity index (χ1v) is 5.64. The fourth-order valence-corrected chi connectivity index (χ4v) is 1.79. The highest BCUT2D eigenvalue weighted by molar-refractivity contribution is 7.31. The van der Waals surface area contributed by atoms with Crippen LogP contribution in [-0.2, 0) is 0 Å². The third-order valence-electron chi connectivity index (χ3n) is 1.96. The van der Waals surface area contributed by atoms with Crippen LogP contribution in [0.3, 0.4) is 0 Å². The van der Waals surface area contributed by atoms with Crippen molar-refractivity contribution in [2.45, 2.75) is 0 Å². The molecule has 2 rings (SSSR count). The van der Waals surface area contributed by atoms with Gasteiger partial charge in [-0.1, -0.05) is 36.4 Å². The molecule has 0 fully saturated rings. The number of rotatable bonds is 2. The molecular formula is C11H11OP. The van der Waals surface area contributed by atoms with E-state index in [2.05, 4.69) is 18.2 Å². The molecule has 1 nitrogen and oxygen atoms in total. The summed E-state index contributed by atoms with van der Waals surface area (Å²) in [6, 6.07) is 14.4. The molecule has 1 atom stereocenters. The molecular weight excluding hydrogens is 179 g/mol. The van der Waals surface area contributed by atoms with Crippen LogP contribution in [0.2, 0.25) is 0 Å². The Morgan fingerprint density at radius 2 is 1.77 bits per heavy atom. The lowest BCUT2D eigenvalue weighted by molar-refractivity contribution is 0.643. The molecule has 1 unspecified atom stereocenters. The van der Waals surface area contributed by atoms with Gasteiger partial charge in [0.25, 0.3) is 0 Å². The number of fused-ring (bicyclic) bond motifs is 1. The zero-order valence-electron chi connectivity index (χ0n) is 7.45. The van der Waals surface area contributed by atoms with Crippen LogP contribution in [0.1, 0.15) is 0 Å². The van der Waals surface area contributed by atoms with Gasteiger partial charge in [-0.3, -0.25) is 0 Å². The minimum atomic E-state index is 0.499. The van der Waals surface area contributed by atoms with Crippen molar-refractivity contribution in [3.8, 4) is 5.75 Å². The Kier molecular flexibility index (Phi) is 2.47. The molecule has 0 saturated carbocycles. The van der Waals surface area contributed by atoms with Gasteiger partial charge in [-0.2, -0.15) is 0 Å². The number of benzene rings is 2. The molecule has 0 radical (unpaired) electrons. The van der Waals surface area contributed by atoms with Gasteiger partial charge >= 0.3 is 0 Å². The maximum atomic E-state index is 5.55. The van der Waals surface area contributed by atoms with Crippen LogP contribution in [0.25, 0.3) is 10.8 Å². The fourth-order valence-electron chi connectivity index (χ4n) is 1.39. The normalized spacial score (nSPS) is 11.2. The summed E-state index contributed by atoms with van der Waals surface area (Å²) in [6.45, 7) is 2.03. The second-order valence-corrected chi connectivity index (χ2v) is 3.40. The van der Waals surface area contributed by atoms with Gasteiger partial charge in [0.1, 0.15) is 5.75 Å². The molecule has 66 valence electrons. The molecule has 0 amide bonds. The molecule has 0 N–H and O–H groups in total. The third kappa shape index (κ3) is 1.66. The van der Waals surface area contributed by atoms with Crippen molar-refractivity contribution >= 4 is 19.6 Å². The Morgan fingerprint density at radius 3 is 2.62 bits per heavy atom. The minimum absolute atomic E-state index is 0.499. The van der Waals surface area contributed by atoms with Gasteiger partial charge in [-0.05, 0) is 18.1 Å². The molecule has 13 heavy (non-hydrogen) atoms. The van der Waals surface area contributed by atoms with Crippen molar-refractivity contribution in [2.24, 2.45) is 0 Å². The van der Waals surface area contributed by atoms with Gasteiger partial charge in [0.05, 0.1) is 8.81 Å². The van der Waals surface area contributed by atoms with E-state index in [4.69, 9.17) is 4.52 Å². The smallest absolute Gasteiger partial charge is 0.130 e. The summed E-state index contributed by atoms with van der Waals surface area (Å²) in [5, 5.41) is 2.43. The van der Waals surface area contributed by atoms with Gasteiger partial charge in [-0.15, -0.1) is 0 Å². The average Bonchev–Trinajstić information content (AvgIpc) is 2.19. The SMILES string of the molecule is CPOc1cccc2ccccc12. The van der Waals surface area contributed by atoms with Crippen molar-refractivity contribution in [1.29, 1.82) is 0 Å². The summed E-state index contributed by atoms with van der Waals surface area (Å²) in [4.78, 5) is 0. The number of hydrogen-bond acceptors (Lipinski definition) is 1. The predicted molar refractivity (Wildman–Crippen MR) is 58.8 cm³/mol. The quantitative estimate of drug-likeness (QED) is 0.659. The highest BCUT2D eigenvalue weighted by atomic mass is 31.1. The van der Waals surface area contributed by atoms with Crippen molar-refractivity contribution in [2.75, 3.05) is 6.66 Å². The van der Waals surface area contributed by atoms with Gasteiger partial charge in [0.15, 0.2) is 0 Å². The van der Waals surface area contributed by atoms with Crippen LogP contribution in [0.15, 0.2) is 42.5 Å². The van der Waals surface area contributed by atoms with Crippen molar-refractivity contribution < 1.29 is 4.52 Å². The summed E-state index contributed by atoms with van der Waals surface area (Å²) in [6.07, 6.45) is 0. The number of hydrogen-bond donors (Lipinski definition) is 0. The van der Waals surface area contributed by atoms with E-state index in [1.54, 1.807) is 0 Å². The van der Waals surface area contributed by atoms with Gasteiger partial charge in [0, 0.05) is 5.39 Å². The lowest BCUT2D eigenvalue weighted by atomic mass is 10.1. The van der Waals surface area contributed by atoms with Gasteiger partial charge in [-0.25, -0.2) is 0 Å². The van der Waals surface area contributed by atoms with Crippen molar-refractivity contribution in [3.05, 3.63) is 42.5 Å². The largest absolute Gasteiger partial charge is 0.477 e. The van der Waals surface area contributed by atoms with E-state index >= 15 is 0 Å². The van der Waals surface area contributed by atoms with Crippen LogP contribution >= 0.6 is 8.81 Å². The predicted octanol–water partition coefficient (Wildman–Crippen LogP) is 3.44. The Labute approximate surface area is 79.6 Å². The molecule has 0 bridgehead atoms. The summed E-state index contributed by atoms with van der Waals surface area (Å²) < 4.78 is 5.55. The Morgan fingerprint density at radius 1 is 1.00 bits per heavy atom. The first kappa shape index (κ1) is 8.52. The first-order valence-electron chi connectivity index (χ1n) is 4.23. The molecule has 2 aromatic rings. The van der Waals surface area contributed by atoms with E-state index in [0.717, 1.165) is 5.75 Å². The molecule has 0 aliphatic heterocycles. The zero-order valence-corrected chi connectivity index (χ0v) is 8.45. The molecule has 0 aliphatic carbocycles. The maximum absolute atomic E-state index is 5.55. The van der Waals surface area contributed by atoms with E-state index < -0.39 is 0 Å². The summed E-state index contributed by atoms with van der Waals surface area (Å²) in [5.41, 5.74) is 0. The molecule has 0 saturated heterocycles. The van der Waals surface area contributed by atoms with Crippen LogP contribution in [0.5, 0.6) is 5.75 Å². The summed E-state index contributed by atoms with van der Waals surface area (Å²) in [7, 11) is 0.499. The molecule has 0 spiro atoms. The topological polar surface area (TPSA) is 9.23 Å². The average molecular weight is 190 g/mol. The van der Waals surface area contributed by atoms with Crippen molar-refractivity contribution in [1.82, 2.24) is 0 Å². The van der Waals surface area contributed by atoms with E-state index in [9.17, 15) is 0 Å². The highest BCUT2D eigenvalue weighted by Crippen LogP contribution is 2.28. The van der Waals surface area contributed by atoms with Gasteiger partial charge < -0.3 is 4.52 Å². The fraction of sp³-hybridized carbons (Fsp3) is 0.0909. The Bertz CT molecular complexity index is 406. The minimum Gasteiger partial charge on any atom is -0.477 e. The van der Waals surface area contributed by atoms with Crippen LogP contribution in [0.4, 0.5) is 0 Å². The van der Waals surface area contributed by atoms with E-state index in [1.807, 2.05) is 30.9 Å². The lowest BCUT2D eigenvalue weighted by Gasteiger charge is -2.05. The van der Waals surface area contributed by atoms with E-state index in [1.165, 1.54) is 10.8 Å². The molecule has 2 aromatic carbocycles. The van der Waals surface area contributed by atoms with Crippen molar-refractivity contribution in [3.63, 3.8) is 0 Å². The highest BCUT2D eigenvalue weighted by Gasteiger charge is 1.98. The second kappa shape index (κ2) is 3.76. The standard InChI is InChI=1S/C11H11OP/c1-13-12-11-8-4-6-9-5-2-3-7-10(9)11/h2-8,13H,1H3. The zero-order chi connectivity index (χ0) is 9.10. The molecule has 0 aliphatic rings. The van der Waals surface area contributed by atoms with Crippen LogP contribution < -0.4 is 4.52 Å². The first-order chi connectivity index (χ1) is 6.42. The second-order valence-electron chi connectivity index (χ2n) is 2.78. The molecule has 0 aromatic heterocycles. The molecule has 0 heterocycles. The monoisotopic (exact) mass is 190 g/mol. The van der Waals surface area contributed by atoms with Gasteiger partial charge in [0.2, 0.25) is 0 Å². The van der Waals surface area contributed by atoms with Crippen LogP contribution in [-0.4, -0.2) is 6.66 Å². The Balaban J connectivity index is 2.61. The summed E-state index contributed by atoms with van der Waals surface area (Å²) in [5.74, 6) is 0.985. The summed E-state index contributed by atoms with van der Waals surface area (Å²) >= 11 is 0. The Hall–Kier alpha value is -1.07.